The van der Waals surface area contributed by atoms with E-state index in [2.05, 4.69) is 10.1 Å². The molecule has 0 radical (unpaired) electrons. The topological polar surface area (TPSA) is 78.8 Å². The summed E-state index contributed by atoms with van der Waals surface area (Å²) in [5.41, 5.74) is -0.0929. The second-order valence-corrected chi connectivity index (χ2v) is 3.41. The zero-order valence-electron chi connectivity index (χ0n) is 9.35. The molecular weight excluding hydrogens is 248 g/mol. The molecule has 0 saturated heterocycles. The van der Waals surface area contributed by atoms with Crippen LogP contribution in [-0.4, -0.2) is 42.0 Å². The van der Waals surface area contributed by atoms with Crippen molar-refractivity contribution in [2.24, 2.45) is 0 Å². The van der Waals surface area contributed by atoms with Gasteiger partial charge < -0.3 is 20.3 Å². The molecule has 0 fully saturated rings. The Kier molecular flexibility index (Phi) is 5.47. The van der Waals surface area contributed by atoms with Gasteiger partial charge in [-0.15, -0.1) is 0 Å². The second kappa shape index (κ2) is 6.87. The molecular formula is C11H13F2NO4. The summed E-state index contributed by atoms with van der Waals surface area (Å²) in [5, 5.41) is 19.9. The molecule has 1 aromatic rings. The molecule has 5 nitrogen and oxygen atoms in total. The first-order chi connectivity index (χ1) is 8.58. The summed E-state index contributed by atoms with van der Waals surface area (Å²) in [6.45, 7) is -3.95. The Morgan fingerprint density at radius 2 is 1.89 bits per heavy atom. The maximum Gasteiger partial charge on any atom is 0.387 e. The van der Waals surface area contributed by atoms with Crippen LogP contribution in [0.3, 0.4) is 0 Å². The molecule has 1 rings (SSSR count). The quantitative estimate of drug-likeness (QED) is 0.691. The van der Waals surface area contributed by atoms with Crippen LogP contribution < -0.4 is 10.1 Å². The number of carbonyl (C=O) groups excluding carboxylic acids is 1. The molecule has 0 bridgehead atoms. The van der Waals surface area contributed by atoms with Gasteiger partial charge in [-0.2, -0.15) is 8.78 Å². The first kappa shape index (κ1) is 14.3. The summed E-state index contributed by atoms with van der Waals surface area (Å²) in [6, 6.07) is 4.62. The molecule has 0 atom stereocenters. The largest absolute Gasteiger partial charge is 0.434 e. The molecule has 0 spiro atoms. The molecule has 18 heavy (non-hydrogen) atoms. The standard InChI is InChI=1S/C11H13F2NO4/c12-11(13)18-9-4-2-1-3-8(9)10(17)14-7(5-15)6-16/h1-4,7,11,15-16H,5-6H2,(H,14,17). The molecule has 0 aromatic heterocycles. The van der Waals surface area contributed by atoms with Gasteiger partial charge in [-0.25, -0.2) is 0 Å². The van der Waals surface area contributed by atoms with Gasteiger partial charge in [-0.1, -0.05) is 12.1 Å². The lowest BCUT2D eigenvalue weighted by atomic mass is 10.1. The van der Waals surface area contributed by atoms with Gasteiger partial charge in [-0.05, 0) is 12.1 Å². The fraction of sp³-hybridized carbons (Fsp3) is 0.364. The number of carbonyl (C=O) groups is 1. The van der Waals surface area contributed by atoms with Gasteiger partial charge in [0.2, 0.25) is 0 Å². The monoisotopic (exact) mass is 261 g/mol. The van der Waals surface area contributed by atoms with Crippen molar-refractivity contribution >= 4 is 5.91 Å². The molecule has 3 N–H and O–H groups in total. The maximum atomic E-state index is 12.1. The van der Waals surface area contributed by atoms with E-state index in [4.69, 9.17) is 10.2 Å². The van der Waals surface area contributed by atoms with Crippen molar-refractivity contribution in [1.82, 2.24) is 5.32 Å². The van der Waals surface area contributed by atoms with Crippen LogP contribution in [0.15, 0.2) is 24.3 Å². The van der Waals surface area contributed by atoms with Crippen LogP contribution in [-0.2, 0) is 0 Å². The normalized spacial score (nSPS) is 10.8. The highest BCUT2D eigenvalue weighted by molar-refractivity contribution is 5.97. The highest BCUT2D eigenvalue weighted by Gasteiger charge is 2.17. The van der Waals surface area contributed by atoms with E-state index >= 15 is 0 Å². The van der Waals surface area contributed by atoms with Gasteiger partial charge in [0.25, 0.3) is 5.91 Å². The number of amides is 1. The third kappa shape index (κ3) is 3.94. The average molecular weight is 261 g/mol. The number of aliphatic hydroxyl groups excluding tert-OH is 2. The Morgan fingerprint density at radius 3 is 2.44 bits per heavy atom. The second-order valence-electron chi connectivity index (χ2n) is 3.41. The molecule has 0 aliphatic rings. The lowest BCUT2D eigenvalue weighted by Crippen LogP contribution is -2.40. The first-order valence-electron chi connectivity index (χ1n) is 5.15. The van der Waals surface area contributed by atoms with Crippen molar-refractivity contribution in [2.45, 2.75) is 12.7 Å². The predicted molar refractivity (Wildman–Crippen MR) is 58.5 cm³/mol. The number of ether oxygens (including phenoxy) is 1. The number of nitrogens with one attached hydrogen (secondary N) is 1. The van der Waals surface area contributed by atoms with Crippen molar-refractivity contribution < 1.29 is 28.5 Å². The Bertz CT molecular complexity index is 396. The molecule has 0 aliphatic carbocycles. The lowest BCUT2D eigenvalue weighted by molar-refractivity contribution is -0.0501. The Balaban J connectivity index is 2.84. The Labute approximate surface area is 102 Å². The number of hydrogen-bond acceptors (Lipinski definition) is 4. The third-order valence-corrected chi connectivity index (χ3v) is 2.12. The van der Waals surface area contributed by atoms with Crippen LogP contribution in [0.5, 0.6) is 5.75 Å². The minimum Gasteiger partial charge on any atom is -0.434 e. The van der Waals surface area contributed by atoms with Gasteiger partial charge >= 0.3 is 6.61 Å². The molecule has 0 saturated carbocycles. The summed E-state index contributed by atoms with van der Waals surface area (Å²) in [6.07, 6.45) is 0. The lowest BCUT2D eigenvalue weighted by Gasteiger charge is -2.15. The van der Waals surface area contributed by atoms with E-state index in [-0.39, 0.29) is 11.3 Å². The molecule has 1 amide bonds. The van der Waals surface area contributed by atoms with Gasteiger partial charge in [0.15, 0.2) is 0 Å². The van der Waals surface area contributed by atoms with Gasteiger partial charge in [0, 0.05) is 0 Å². The van der Waals surface area contributed by atoms with E-state index in [1.807, 2.05) is 0 Å². The highest BCUT2D eigenvalue weighted by atomic mass is 19.3. The summed E-state index contributed by atoms with van der Waals surface area (Å²) >= 11 is 0. The number of para-hydroxylation sites is 1. The summed E-state index contributed by atoms with van der Waals surface area (Å²) in [7, 11) is 0. The van der Waals surface area contributed by atoms with E-state index in [0.29, 0.717) is 0 Å². The number of alkyl halides is 2. The molecule has 0 unspecified atom stereocenters. The number of aliphatic hydroxyl groups is 2. The molecule has 7 heteroatoms. The minimum atomic E-state index is -3.04. The zero-order valence-corrected chi connectivity index (χ0v) is 9.35. The van der Waals surface area contributed by atoms with E-state index < -0.39 is 31.8 Å². The van der Waals surface area contributed by atoms with Crippen LogP contribution in [0, 0.1) is 0 Å². The molecule has 1 aromatic carbocycles. The number of halogens is 2. The van der Waals surface area contributed by atoms with Crippen molar-refractivity contribution in [3.05, 3.63) is 29.8 Å². The fourth-order valence-corrected chi connectivity index (χ4v) is 1.27. The average Bonchev–Trinajstić information content (AvgIpc) is 2.35. The van der Waals surface area contributed by atoms with Crippen molar-refractivity contribution in [1.29, 1.82) is 0 Å². The maximum absolute atomic E-state index is 12.1. The van der Waals surface area contributed by atoms with Gasteiger partial charge in [0.1, 0.15) is 5.75 Å². The smallest absolute Gasteiger partial charge is 0.387 e. The molecule has 0 aliphatic heterocycles. The first-order valence-corrected chi connectivity index (χ1v) is 5.15. The van der Waals surface area contributed by atoms with E-state index in [9.17, 15) is 13.6 Å². The van der Waals surface area contributed by atoms with Crippen LogP contribution in [0.2, 0.25) is 0 Å². The van der Waals surface area contributed by atoms with E-state index in [1.54, 1.807) is 0 Å². The van der Waals surface area contributed by atoms with Crippen molar-refractivity contribution in [3.63, 3.8) is 0 Å². The summed E-state index contributed by atoms with van der Waals surface area (Å²) in [5.74, 6) is -0.973. The van der Waals surface area contributed by atoms with Gasteiger partial charge in [0.05, 0.1) is 24.8 Å². The Morgan fingerprint density at radius 1 is 1.28 bits per heavy atom. The fourth-order valence-electron chi connectivity index (χ4n) is 1.27. The SMILES string of the molecule is O=C(NC(CO)CO)c1ccccc1OC(F)F. The van der Waals surface area contributed by atoms with Crippen molar-refractivity contribution in [2.75, 3.05) is 13.2 Å². The number of hydrogen-bond donors (Lipinski definition) is 3. The zero-order chi connectivity index (χ0) is 13.5. The summed E-state index contributed by atoms with van der Waals surface area (Å²) in [4.78, 5) is 11.7. The van der Waals surface area contributed by atoms with Crippen LogP contribution >= 0.6 is 0 Å². The third-order valence-electron chi connectivity index (χ3n) is 2.12. The van der Waals surface area contributed by atoms with Gasteiger partial charge in [-0.3, -0.25) is 4.79 Å². The molecule has 100 valence electrons. The van der Waals surface area contributed by atoms with E-state index in [1.165, 1.54) is 24.3 Å². The predicted octanol–water partition coefficient (Wildman–Crippen LogP) is 0.371. The number of rotatable bonds is 6. The number of benzene rings is 1. The van der Waals surface area contributed by atoms with Crippen LogP contribution in [0.1, 0.15) is 10.4 Å². The van der Waals surface area contributed by atoms with E-state index in [0.717, 1.165) is 0 Å². The molecule has 0 heterocycles. The highest BCUT2D eigenvalue weighted by Crippen LogP contribution is 2.20. The summed E-state index contributed by atoms with van der Waals surface area (Å²) < 4.78 is 28.4. The Hall–Kier alpha value is -1.73. The van der Waals surface area contributed by atoms with Crippen LogP contribution in [0.4, 0.5) is 8.78 Å². The van der Waals surface area contributed by atoms with Crippen LogP contribution in [0.25, 0.3) is 0 Å². The minimum absolute atomic E-state index is 0.0929. The van der Waals surface area contributed by atoms with Crippen molar-refractivity contribution in [3.8, 4) is 5.75 Å².